The van der Waals surface area contributed by atoms with Gasteiger partial charge in [-0.3, -0.25) is 4.79 Å². The minimum absolute atomic E-state index is 0.257. The summed E-state index contributed by atoms with van der Waals surface area (Å²) in [4.78, 5) is 12.1. The van der Waals surface area contributed by atoms with Crippen LogP contribution in [-0.2, 0) is 9.53 Å². The molecular weight excluding hydrogens is 232 g/mol. The van der Waals surface area contributed by atoms with Gasteiger partial charge < -0.3 is 14.9 Å². The summed E-state index contributed by atoms with van der Waals surface area (Å²) in [5, 5.41) is 20.0. The van der Waals surface area contributed by atoms with E-state index in [4.69, 9.17) is 4.74 Å². The largest absolute Gasteiger partial charge is 0.460 e. The van der Waals surface area contributed by atoms with Gasteiger partial charge >= 0.3 is 5.97 Å². The summed E-state index contributed by atoms with van der Waals surface area (Å²) < 4.78 is 5.36. The van der Waals surface area contributed by atoms with Gasteiger partial charge in [0, 0.05) is 5.92 Å². The van der Waals surface area contributed by atoms with Crippen LogP contribution in [0.5, 0.6) is 0 Å². The summed E-state index contributed by atoms with van der Waals surface area (Å²) in [5.74, 6) is -0.897. The van der Waals surface area contributed by atoms with Crippen molar-refractivity contribution in [1.82, 2.24) is 0 Å². The zero-order valence-corrected chi connectivity index (χ0v) is 12.4. The molecule has 1 fully saturated rings. The number of ether oxygens (including phenoxy) is 1. The number of carbonyl (C=O) groups excluding carboxylic acids is 1. The number of esters is 1. The molecule has 0 heterocycles. The summed E-state index contributed by atoms with van der Waals surface area (Å²) >= 11 is 0. The van der Waals surface area contributed by atoms with Crippen molar-refractivity contribution in [2.24, 2.45) is 17.3 Å². The van der Waals surface area contributed by atoms with Crippen molar-refractivity contribution in [3.63, 3.8) is 0 Å². The lowest BCUT2D eigenvalue weighted by atomic mass is 9.93. The first-order valence-electron chi connectivity index (χ1n) is 6.42. The molecule has 18 heavy (non-hydrogen) atoms. The molecule has 106 valence electrons. The fraction of sp³-hybridized carbons (Fsp3) is 0.929. The molecule has 0 aromatic rings. The Balaban J connectivity index is 2.79. The zero-order valence-electron chi connectivity index (χ0n) is 12.4. The molecule has 3 unspecified atom stereocenters. The van der Waals surface area contributed by atoms with Crippen LogP contribution in [0.3, 0.4) is 0 Å². The van der Waals surface area contributed by atoms with Gasteiger partial charge in [0.1, 0.15) is 5.60 Å². The highest BCUT2D eigenvalue weighted by Gasteiger charge is 2.67. The van der Waals surface area contributed by atoms with Gasteiger partial charge in [0.2, 0.25) is 0 Å². The van der Waals surface area contributed by atoms with Gasteiger partial charge in [-0.1, -0.05) is 13.8 Å². The first kappa shape index (κ1) is 15.4. The Labute approximate surface area is 109 Å². The molecule has 1 aliphatic carbocycles. The molecule has 1 saturated carbocycles. The van der Waals surface area contributed by atoms with Crippen molar-refractivity contribution >= 4 is 5.97 Å². The molecule has 2 N–H and O–H groups in total. The zero-order chi connectivity index (χ0) is 14.5. The van der Waals surface area contributed by atoms with E-state index in [0.29, 0.717) is 0 Å². The second kappa shape index (κ2) is 4.20. The maximum atomic E-state index is 12.1. The van der Waals surface area contributed by atoms with Crippen molar-refractivity contribution in [3.05, 3.63) is 0 Å². The van der Waals surface area contributed by atoms with Crippen LogP contribution >= 0.6 is 0 Å². The number of aliphatic hydroxyl groups is 2. The van der Waals surface area contributed by atoms with E-state index in [2.05, 4.69) is 0 Å². The Morgan fingerprint density at radius 3 is 2.00 bits per heavy atom. The highest BCUT2D eigenvalue weighted by atomic mass is 16.6. The molecule has 0 aromatic carbocycles. The van der Waals surface area contributed by atoms with Crippen molar-refractivity contribution in [1.29, 1.82) is 0 Å². The molecule has 0 aliphatic heterocycles. The smallest absolute Gasteiger partial charge is 0.310 e. The van der Waals surface area contributed by atoms with Gasteiger partial charge in [-0.05, 0) is 40.0 Å². The number of hydrogen-bond donors (Lipinski definition) is 2. The van der Waals surface area contributed by atoms with Crippen molar-refractivity contribution < 1.29 is 19.7 Å². The second-order valence-corrected chi connectivity index (χ2v) is 7.46. The Hall–Kier alpha value is -0.610. The molecule has 0 aromatic heterocycles. The maximum absolute atomic E-state index is 12.1. The minimum Gasteiger partial charge on any atom is -0.460 e. The fourth-order valence-corrected chi connectivity index (χ4v) is 2.52. The Bertz CT molecular complexity index is 333. The van der Waals surface area contributed by atoms with Gasteiger partial charge in [0.15, 0.2) is 0 Å². The Morgan fingerprint density at radius 1 is 1.22 bits per heavy atom. The van der Waals surface area contributed by atoms with Crippen molar-refractivity contribution in [3.8, 4) is 0 Å². The molecule has 0 spiro atoms. The molecular formula is C14H26O4. The lowest BCUT2D eigenvalue weighted by molar-refractivity contribution is -0.158. The Kier molecular flexibility index (Phi) is 3.61. The predicted molar refractivity (Wildman–Crippen MR) is 68.9 cm³/mol. The SMILES string of the molecule is CC(C)(C)OC(=O)C1C(C(O)C(C)(C)O)C1(C)C. The van der Waals surface area contributed by atoms with Crippen LogP contribution in [0.25, 0.3) is 0 Å². The first-order chi connectivity index (χ1) is 7.78. The van der Waals surface area contributed by atoms with Crippen molar-refractivity contribution in [2.45, 2.75) is 65.8 Å². The van der Waals surface area contributed by atoms with Gasteiger partial charge in [-0.2, -0.15) is 0 Å². The molecule has 0 bridgehead atoms. The number of hydrogen-bond acceptors (Lipinski definition) is 4. The third-order valence-electron chi connectivity index (χ3n) is 3.64. The monoisotopic (exact) mass is 258 g/mol. The molecule has 1 aliphatic rings. The number of carbonyl (C=O) groups is 1. The highest BCUT2D eigenvalue weighted by molar-refractivity contribution is 5.78. The molecule has 0 saturated heterocycles. The van der Waals surface area contributed by atoms with E-state index < -0.39 is 17.3 Å². The summed E-state index contributed by atoms with van der Waals surface area (Å²) in [6.45, 7) is 12.4. The Morgan fingerprint density at radius 2 is 1.67 bits per heavy atom. The molecule has 3 atom stereocenters. The van der Waals surface area contributed by atoms with Gasteiger partial charge in [0.25, 0.3) is 0 Å². The summed E-state index contributed by atoms with van der Waals surface area (Å²) in [6.07, 6.45) is -0.926. The normalized spacial score (nSPS) is 28.7. The van der Waals surface area contributed by atoms with Crippen LogP contribution in [0.15, 0.2) is 0 Å². The van der Waals surface area contributed by atoms with Crippen LogP contribution in [0, 0.1) is 17.3 Å². The standard InChI is InChI=1S/C14H26O4/c1-12(2,3)18-11(16)9-8(13(9,4)5)10(15)14(6,7)17/h8-10,15,17H,1-7H3. The molecule has 4 nitrogen and oxygen atoms in total. The van der Waals surface area contributed by atoms with Gasteiger partial charge in [0.05, 0.1) is 17.6 Å². The second-order valence-electron chi connectivity index (χ2n) is 7.46. The van der Waals surface area contributed by atoms with E-state index in [9.17, 15) is 15.0 Å². The van der Waals surface area contributed by atoms with Crippen molar-refractivity contribution in [2.75, 3.05) is 0 Å². The minimum atomic E-state index is -1.21. The van der Waals surface area contributed by atoms with Gasteiger partial charge in [-0.25, -0.2) is 0 Å². The number of aliphatic hydroxyl groups excluding tert-OH is 1. The van der Waals surface area contributed by atoms with E-state index in [1.165, 1.54) is 0 Å². The average molecular weight is 258 g/mol. The van der Waals surface area contributed by atoms with E-state index >= 15 is 0 Å². The molecule has 0 amide bonds. The molecule has 0 radical (unpaired) electrons. The lowest BCUT2D eigenvalue weighted by Crippen LogP contribution is -2.39. The van der Waals surface area contributed by atoms with E-state index in [1.807, 2.05) is 34.6 Å². The summed E-state index contributed by atoms with van der Waals surface area (Å²) in [6, 6.07) is 0. The quantitative estimate of drug-likeness (QED) is 0.757. The lowest BCUT2D eigenvalue weighted by Gasteiger charge is -2.26. The third kappa shape index (κ3) is 3.04. The van der Waals surface area contributed by atoms with Crippen LogP contribution in [0.4, 0.5) is 0 Å². The fourth-order valence-electron chi connectivity index (χ4n) is 2.52. The average Bonchev–Trinajstić information content (AvgIpc) is 2.62. The highest BCUT2D eigenvalue weighted by Crippen LogP contribution is 2.61. The van der Waals surface area contributed by atoms with Gasteiger partial charge in [-0.15, -0.1) is 0 Å². The van der Waals surface area contributed by atoms with Crippen LogP contribution in [-0.4, -0.2) is 33.5 Å². The molecule has 4 heteroatoms. The summed E-state index contributed by atoms with van der Waals surface area (Å²) in [5.41, 5.74) is -2.07. The van der Waals surface area contributed by atoms with E-state index in [-0.39, 0.29) is 23.2 Å². The van der Waals surface area contributed by atoms with Crippen LogP contribution in [0.1, 0.15) is 48.5 Å². The number of rotatable bonds is 3. The van der Waals surface area contributed by atoms with Crippen LogP contribution in [0.2, 0.25) is 0 Å². The summed E-state index contributed by atoms with van der Waals surface area (Å²) in [7, 11) is 0. The first-order valence-corrected chi connectivity index (χ1v) is 6.42. The maximum Gasteiger partial charge on any atom is 0.310 e. The third-order valence-corrected chi connectivity index (χ3v) is 3.64. The molecule has 1 rings (SSSR count). The van der Waals surface area contributed by atoms with E-state index in [0.717, 1.165) is 0 Å². The topological polar surface area (TPSA) is 66.8 Å². The van der Waals surface area contributed by atoms with E-state index in [1.54, 1.807) is 13.8 Å². The van der Waals surface area contributed by atoms with Crippen LogP contribution < -0.4 is 0 Å². The predicted octanol–water partition coefficient (Wildman–Crippen LogP) is 1.73.